The lowest BCUT2D eigenvalue weighted by atomic mass is 10.5. The van der Waals surface area contributed by atoms with Crippen molar-refractivity contribution in [3.05, 3.63) is 0 Å². The minimum atomic E-state index is 0.115. The fraction of sp³-hybridized carbons (Fsp3) is 0.833. The molecule has 52 valence electrons. The number of rotatable bonds is 5. The molecule has 0 unspecified atom stereocenters. The standard InChI is InChI=1S/C6H11NO2/c1-2-4-8-6-9-5-3-7/h2,4-6H2,1H3. The van der Waals surface area contributed by atoms with Gasteiger partial charge >= 0.3 is 0 Å². The van der Waals surface area contributed by atoms with Crippen molar-refractivity contribution in [2.75, 3.05) is 20.0 Å². The van der Waals surface area contributed by atoms with Gasteiger partial charge in [0.25, 0.3) is 0 Å². The quantitative estimate of drug-likeness (QED) is 0.409. The van der Waals surface area contributed by atoms with Crippen LogP contribution in [0.15, 0.2) is 0 Å². The first-order valence-corrected chi connectivity index (χ1v) is 2.94. The van der Waals surface area contributed by atoms with Gasteiger partial charge in [0.05, 0.1) is 6.07 Å². The van der Waals surface area contributed by atoms with E-state index in [0.29, 0.717) is 6.61 Å². The molecule has 0 aromatic heterocycles. The SMILES string of the molecule is CCCOCOCC#N. The van der Waals surface area contributed by atoms with Gasteiger partial charge in [-0.15, -0.1) is 0 Å². The third-order valence-electron chi connectivity index (χ3n) is 0.682. The van der Waals surface area contributed by atoms with E-state index in [4.69, 9.17) is 14.7 Å². The van der Waals surface area contributed by atoms with Crippen molar-refractivity contribution in [2.45, 2.75) is 13.3 Å². The summed E-state index contributed by atoms with van der Waals surface area (Å²) in [5, 5.41) is 7.99. The molecule has 0 saturated carbocycles. The molecule has 0 aliphatic carbocycles. The van der Waals surface area contributed by atoms with E-state index < -0.39 is 0 Å². The van der Waals surface area contributed by atoms with Gasteiger partial charge in [-0.2, -0.15) is 5.26 Å². The Hall–Kier alpha value is -0.590. The molecule has 3 heteroatoms. The van der Waals surface area contributed by atoms with Crippen molar-refractivity contribution >= 4 is 0 Å². The predicted octanol–water partition coefficient (Wildman–Crippen LogP) is 0.911. The van der Waals surface area contributed by atoms with E-state index in [1.165, 1.54) is 0 Å². The lowest BCUT2D eigenvalue weighted by Crippen LogP contribution is -2.00. The van der Waals surface area contributed by atoms with E-state index in [-0.39, 0.29) is 13.4 Å². The molecule has 3 nitrogen and oxygen atoms in total. The molecule has 0 N–H and O–H groups in total. The average molecular weight is 129 g/mol. The van der Waals surface area contributed by atoms with Crippen LogP contribution in [0.2, 0.25) is 0 Å². The number of hydrogen-bond donors (Lipinski definition) is 0. The molecule has 0 atom stereocenters. The fourth-order valence-corrected chi connectivity index (χ4v) is 0.349. The largest absolute Gasteiger partial charge is 0.355 e. The summed E-state index contributed by atoms with van der Waals surface area (Å²) in [7, 11) is 0. The molecule has 0 aliphatic rings. The first-order chi connectivity index (χ1) is 4.41. The second kappa shape index (κ2) is 7.41. The number of nitriles is 1. The van der Waals surface area contributed by atoms with Gasteiger partial charge in [-0.25, -0.2) is 0 Å². The van der Waals surface area contributed by atoms with Gasteiger partial charge in [-0.3, -0.25) is 0 Å². The van der Waals surface area contributed by atoms with Gasteiger partial charge in [0.2, 0.25) is 0 Å². The molecular weight excluding hydrogens is 118 g/mol. The highest BCUT2D eigenvalue weighted by Crippen LogP contribution is 1.80. The monoisotopic (exact) mass is 129 g/mol. The fourth-order valence-electron chi connectivity index (χ4n) is 0.349. The molecule has 0 aromatic carbocycles. The van der Waals surface area contributed by atoms with Crippen LogP contribution in [0.3, 0.4) is 0 Å². The Morgan fingerprint density at radius 1 is 1.44 bits per heavy atom. The van der Waals surface area contributed by atoms with Crippen LogP contribution < -0.4 is 0 Å². The van der Waals surface area contributed by atoms with Crippen molar-refractivity contribution in [2.24, 2.45) is 0 Å². The zero-order chi connectivity index (χ0) is 6.95. The van der Waals surface area contributed by atoms with Crippen molar-refractivity contribution in [3.63, 3.8) is 0 Å². The van der Waals surface area contributed by atoms with Gasteiger partial charge in [0, 0.05) is 6.61 Å². The maximum Gasteiger partial charge on any atom is 0.148 e. The summed E-state index contributed by atoms with van der Waals surface area (Å²) < 4.78 is 9.61. The van der Waals surface area contributed by atoms with Gasteiger partial charge in [0.15, 0.2) is 0 Å². The van der Waals surface area contributed by atoms with Crippen molar-refractivity contribution in [1.82, 2.24) is 0 Å². The molecule has 0 heterocycles. The van der Waals surface area contributed by atoms with Gasteiger partial charge < -0.3 is 9.47 Å². The average Bonchev–Trinajstić information content (AvgIpc) is 1.89. The summed E-state index contributed by atoms with van der Waals surface area (Å²) >= 11 is 0. The van der Waals surface area contributed by atoms with Crippen LogP contribution in [0.5, 0.6) is 0 Å². The van der Waals surface area contributed by atoms with Crippen molar-refractivity contribution < 1.29 is 9.47 Å². The second-order valence-electron chi connectivity index (χ2n) is 1.53. The first-order valence-electron chi connectivity index (χ1n) is 2.94. The molecule has 0 amide bonds. The zero-order valence-corrected chi connectivity index (χ0v) is 5.59. The van der Waals surface area contributed by atoms with Crippen LogP contribution in [0.4, 0.5) is 0 Å². The van der Waals surface area contributed by atoms with Crippen LogP contribution in [-0.2, 0) is 9.47 Å². The molecule has 0 aliphatic heterocycles. The van der Waals surface area contributed by atoms with Crippen LogP contribution >= 0.6 is 0 Å². The summed E-state index contributed by atoms with van der Waals surface area (Å²) in [6.45, 7) is 3.07. The zero-order valence-electron chi connectivity index (χ0n) is 5.59. The van der Waals surface area contributed by atoms with Gasteiger partial charge in [-0.1, -0.05) is 6.92 Å². The Balaban J connectivity index is 2.69. The first kappa shape index (κ1) is 8.41. The van der Waals surface area contributed by atoms with Crippen molar-refractivity contribution in [1.29, 1.82) is 5.26 Å². The Bertz CT molecular complexity index is 87.5. The molecule has 0 fully saturated rings. The Morgan fingerprint density at radius 3 is 2.78 bits per heavy atom. The van der Waals surface area contributed by atoms with E-state index in [1.54, 1.807) is 0 Å². The normalized spacial score (nSPS) is 8.89. The highest BCUT2D eigenvalue weighted by Gasteiger charge is 1.82. The molecular formula is C6H11NO2. The summed E-state index contributed by atoms with van der Waals surface area (Å²) in [6.07, 6.45) is 0.982. The van der Waals surface area contributed by atoms with E-state index in [9.17, 15) is 0 Å². The molecule has 0 saturated heterocycles. The number of ether oxygens (including phenoxy) is 2. The Kier molecular flexibility index (Phi) is 6.92. The molecule has 0 bridgehead atoms. The van der Waals surface area contributed by atoms with Crippen LogP contribution in [0.25, 0.3) is 0 Å². The van der Waals surface area contributed by atoms with E-state index in [0.717, 1.165) is 6.42 Å². The molecule has 0 spiro atoms. The molecule has 0 radical (unpaired) electrons. The summed E-state index contributed by atoms with van der Waals surface area (Å²) in [4.78, 5) is 0. The lowest BCUT2D eigenvalue weighted by molar-refractivity contribution is -0.0421. The highest BCUT2D eigenvalue weighted by molar-refractivity contribution is 4.65. The maximum absolute atomic E-state index is 7.99. The molecule has 0 rings (SSSR count). The van der Waals surface area contributed by atoms with Crippen LogP contribution in [0.1, 0.15) is 13.3 Å². The molecule has 0 aromatic rings. The van der Waals surface area contributed by atoms with Crippen molar-refractivity contribution in [3.8, 4) is 6.07 Å². The minimum absolute atomic E-state index is 0.115. The van der Waals surface area contributed by atoms with Gasteiger partial charge in [-0.05, 0) is 6.42 Å². The summed E-state index contributed by atoms with van der Waals surface area (Å²) in [6, 6.07) is 1.84. The third-order valence-corrected chi connectivity index (χ3v) is 0.682. The smallest absolute Gasteiger partial charge is 0.148 e. The van der Waals surface area contributed by atoms with E-state index in [2.05, 4.69) is 0 Å². The number of nitrogens with zero attached hydrogens (tertiary/aromatic N) is 1. The van der Waals surface area contributed by atoms with E-state index in [1.807, 2.05) is 13.0 Å². The third kappa shape index (κ3) is 7.41. The minimum Gasteiger partial charge on any atom is -0.355 e. The lowest BCUT2D eigenvalue weighted by Gasteiger charge is -1.98. The number of hydrogen-bond acceptors (Lipinski definition) is 3. The Labute approximate surface area is 55.2 Å². The van der Waals surface area contributed by atoms with Crippen LogP contribution in [0, 0.1) is 11.3 Å². The van der Waals surface area contributed by atoms with E-state index >= 15 is 0 Å². The molecule has 9 heavy (non-hydrogen) atoms. The maximum atomic E-state index is 7.99. The summed E-state index contributed by atoms with van der Waals surface area (Å²) in [5.74, 6) is 0. The summed E-state index contributed by atoms with van der Waals surface area (Å²) in [5.41, 5.74) is 0. The predicted molar refractivity (Wildman–Crippen MR) is 32.7 cm³/mol. The topological polar surface area (TPSA) is 42.2 Å². The highest BCUT2D eigenvalue weighted by atomic mass is 16.7. The Morgan fingerprint density at radius 2 is 2.22 bits per heavy atom. The van der Waals surface area contributed by atoms with Gasteiger partial charge in [0.1, 0.15) is 13.4 Å². The van der Waals surface area contributed by atoms with Crippen LogP contribution in [-0.4, -0.2) is 20.0 Å². The second-order valence-corrected chi connectivity index (χ2v) is 1.53.